The number of methoxy groups -OCH3 is 1. The Morgan fingerprint density at radius 3 is 2.53 bits per heavy atom. The SMILES string of the molecule is COC(=O)CN1C(=O)S/C(=C/c2cc(C)n(-c3ccc4ccccc4c3)c2C)C1=O. The molecule has 0 spiro atoms. The second-order valence-corrected chi connectivity index (χ2v) is 8.03. The number of hydrogen-bond acceptors (Lipinski definition) is 5. The fourth-order valence-corrected chi connectivity index (χ4v) is 4.45. The van der Waals surface area contributed by atoms with Crippen molar-refractivity contribution in [3.63, 3.8) is 0 Å². The van der Waals surface area contributed by atoms with E-state index in [2.05, 4.69) is 39.6 Å². The van der Waals surface area contributed by atoms with Crippen LogP contribution in [0.2, 0.25) is 0 Å². The molecule has 0 N–H and O–H groups in total. The lowest BCUT2D eigenvalue weighted by Crippen LogP contribution is -2.34. The van der Waals surface area contributed by atoms with Gasteiger partial charge in [0.1, 0.15) is 6.54 Å². The lowest BCUT2D eigenvalue weighted by molar-refractivity contribution is -0.143. The van der Waals surface area contributed by atoms with Crippen molar-refractivity contribution in [1.29, 1.82) is 0 Å². The van der Waals surface area contributed by atoms with Crippen LogP contribution in [0.3, 0.4) is 0 Å². The van der Waals surface area contributed by atoms with Gasteiger partial charge in [-0.25, -0.2) is 0 Å². The molecule has 7 heteroatoms. The number of esters is 1. The van der Waals surface area contributed by atoms with Gasteiger partial charge < -0.3 is 9.30 Å². The lowest BCUT2D eigenvalue weighted by Gasteiger charge is -2.11. The second kappa shape index (κ2) is 7.84. The van der Waals surface area contributed by atoms with Gasteiger partial charge in [-0.15, -0.1) is 0 Å². The van der Waals surface area contributed by atoms with Crippen molar-refractivity contribution in [2.75, 3.05) is 13.7 Å². The molecule has 2 aromatic carbocycles. The van der Waals surface area contributed by atoms with Gasteiger partial charge in [-0.3, -0.25) is 19.3 Å². The molecule has 0 atom stereocenters. The summed E-state index contributed by atoms with van der Waals surface area (Å²) in [7, 11) is 1.22. The lowest BCUT2D eigenvalue weighted by atomic mass is 10.1. The number of benzene rings is 2. The van der Waals surface area contributed by atoms with Crippen molar-refractivity contribution in [2.45, 2.75) is 13.8 Å². The Balaban J connectivity index is 1.69. The number of fused-ring (bicyclic) bond motifs is 1. The number of carbonyl (C=O) groups excluding carboxylic acids is 3. The van der Waals surface area contributed by atoms with E-state index in [-0.39, 0.29) is 6.54 Å². The normalized spacial score (nSPS) is 15.4. The Labute approximate surface area is 178 Å². The van der Waals surface area contributed by atoms with Crippen LogP contribution in [0.4, 0.5) is 4.79 Å². The number of aromatic nitrogens is 1. The minimum absolute atomic E-state index is 0.294. The number of aryl methyl sites for hydroxylation is 1. The van der Waals surface area contributed by atoms with Crippen molar-refractivity contribution < 1.29 is 19.1 Å². The van der Waals surface area contributed by atoms with Crippen molar-refractivity contribution in [3.8, 4) is 5.69 Å². The maximum Gasteiger partial charge on any atom is 0.325 e. The van der Waals surface area contributed by atoms with E-state index < -0.39 is 17.1 Å². The molecule has 0 bridgehead atoms. The number of nitrogens with zero attached hydrogens (tertiary/aromatic N) is 2. The van der Waals surface area contributed by atoms with Gasteiger partial charge in [-0.05, 0) is 66.2 Å². The summed E-state index contributed by atoms with van der Waals surface area (Å²) < 4.78 is 6.68. The summed E-state index contributed by atoms with van der Waals surface area (Å²) in [6, 6.07) is 16.4. The molecule has 0 saturated carbocycles. The average Bonchev–Trinajstić information content (AvgIpc) is 3.16. The van der Waals surface area contributed by atoms with Crippen LogP contribution in [0.1, 0.15) is 17.0 Å². The average molecular weight is 420 g/mol. The zero-order chi connectivity index (χ0) is 21.4. The van der Waals surface area contributed by atoms with E-state index in [9.17, 15) is 14.4 Å². The largest absolute Gasteiger partial charge is 0.468 e. The van der Waals surface area contributed by atoms with Crippen LogP contribution < -0.4 is 0 Å². The number of rotatable bonds is 4. The molecule has 0 aliphatic carbocycles. The zero-order valence-electron chi connectivity index (χ0n) is 16.8. The quantitative estimate of drug-likeness (QED) is 0.461. The van der Waals surface area contributed by atoms with Crippen molar-refractivity contribution in [1.82, 2.24) is 9.47 Å². The zero-order valence-corrected chi connectivity index (χ0v) is 17.7. The van der Waals surface area contributed by atoms with Gasteiger partial charge >= 0.3 is 5.97 Å². The van der Waals surface area contributed by atoms with Gasteiger partial charge in [0.05, 0.1) is 12.0 Å². The first-order valence-corrected chi connectivity index (χ1v) is 10.2. The highest BCUT2D eigenvalue weighted by Crippen LogP contribution is 2.34. The van der Waals surface area contributed by atoms with Gasteiger partial charge in [0.2, 0.25) is 0 Å². The van der Waals surface area contributed by atoms with Crippen molar-refractivity contribution in [2.24, 2.45) is 0 Å². The molecule has 1 aliphatic heterocycles. The van der Waals surface area contributed by atoms with Crippen LogP contribution in [-0.4, -0.2) is 40.2 Å². The Kier molecular flexibility index (Phi) is 5.22. The summed E-state index contributed by atoms with van der Waals surface area (Å²) in [6.45, 7) is 3.60. The highest BCUT2D eigenvalue weighted by molar-refractivity contribution is 8.18. The molecule has 0 radical (unpaired) electrons. The molecule has 4 rings (SSSR count). The van der Waals surface area contributed by atoms with Gasteiger partial charge in [0, 0.05) is 17.1 Å². The van der Waals surface area contributed by atoms with Gasteiger partial charge in [-0.2, -0.15) is 0 Å². The van der Waals surface area contributed by atoms with E-state index in [1.807, 2.05) is 32.0 Å². The Morgan fingerprint density at radius 2 is 1.80 bits per heavy atom. The second-order valence-electron chi connectivity index (χ2n) is 7.04. The van der Waals surface area contributed by atoms with Gasteiger partial charge in [-0.1, -0.05) is 30.3 Å². The third-order valence-corrected chi connectivity index (χ3v) is 6.04. The van der Waals surface area contributed by atoms with Crippen molar-refractivity contribution >= 4 is 45.7 Å². The number of thioether (sulfide) groups is 1. The van der Waals surface area contributed by atoms with Gasteiger partial charge in [0.15, 0.2) is 0 Å². The third kappa shape index (κ3) is 3.52. The van der Waals surface area contributed by atoms with E-state index >= 15 is 0 Å². The first kappa shape index (κ1) is 20.0. The summed E-state index contributed by atoms with van der Waals surface area (Å²) in [5.74, 6) is -1.11. The smallest absolute Gasteiger partial charge is 0.325 e. The van der Waals surface area contributed by atoms with Crippen LogP contribution in [0, 0.1) is 13.8 Å². The maximum atomic E-state index is 12.6. The fraction of sp³-hybridized carbons (Fsp3) is 0.174. The Morgan fingerprint density at radius 1 is 1.07 bits per heavy atom. The van der Waals surface area contributed by atoms with Crippen LogP contribution in [0.25, 0.3) is 22.5 Å². The third-order valence-electron chi connectivity index (χ3n) is 5.14. The summed E-state index contributed by atoms with van der Waals surface area (Å²) >= 11 is 0.832. The molecule has 0 unspecified atom stereocenters. The van der Waals surface area contributed by atoms with Crippen molar-refractivity contribution in [3.05, 3.63) is 70.4 Å². The number of imide groups is 1. The molecule has 1 aliphatic rings. The summed E-state index contributed by atoms with van der Waals surface area (Å²) in [4.78, 5) is 37.4. The van der Waals surface area contributed by atoms with Crippen LogP contribution in [-0.2, 0) is 14.3 Å². The molecule has 1 fully saturated rings. The highest BCUT2D eigenvalue weighted by Gasteiger charge is 2.36. The first-order chi connectivity index (χ1) is 14.4. The minimum Gasteiger partial charge on any atom is -0.468 e. The van der Waals surface area contributed by atoms with Crippen LogP contribution in [0.15, 0.2) is 53.4 Å². The molecule has 30 heavy (non-hydrogen) atoms. The first-order valence-electron chi connectivity index (χ1n) is 9.39. The molecule has 6 nitrogen and oxygen atoms in total. The predicted molar refractivity (Wildman–Crippen MR) is 117 cm³/mol. The monoisotopic (exact) mass is 420 g/mol. The number of hydrogen-bond donors (Lipinski definition) is 0. The van der Waals surface area contributed by atoms with E-state index in [1.54, 1.807) is 6.08 Å². The Bertz CT molecular complexity index is 1230. The van der Waals surface area contributed by atoms with Crippen LogP contribution >= 0.6 is 11.8 Å². The molecular weight excluding hydrogens is 400 g/mol. The van der Waals surface area contributed by atoms with Gasteiger partial charge in [0.25, 0.3) is 11.1 Å². The number of amides is 2. The Hall–Kier alpha value is -3.32. The molecule has 2 amide bonds. The van der Waals surface area contributed by atoms with E-state index in [0.717, 1.165) is 44.7 Å². The molecule has 2 heterocycles. The molecular formula is C23H20N2O4S. The summed E-state index contributed by atoms with van der Waals surface area (Å²) in [6.07, 6.45) is 1.71. The molecule has 3 aromatic rings. The van der Waals surface area contributed by atoms with Crippen LogP contribution in [0.5, 0.6) is 0 Å². The fourth-order valence-electron chi connectivity index (χ4n) is 3.62. The molecule has 1 aromatic heterocycles. The maximum absolute atomic E-state index is 12.6. The highest BCUT2D eigenvalue weighted by atomic mass is 32.2. The standard InChI is InChI=1S/C23H20N2O4S/c1-14-10-18(12-20-22(27)24(23(28)30-20)13-21(26)29-3)15(2)25(14)19-9-8-16-6-4-5-7-17(16)11-19/h4-12H,13H2,1-3H3/b20-12+. The molecule has 1 saturated heterocycles. The summed E-state index contributed by atoms with van der Waals surface area (Å²) in [5.41, 5.74) is 3.86. The number of ether oxygens (including phenoxy) is 1. The van der Waals surface area contributed by atoms with E-state index in [4.69, 9.17) is 0 Å². The van der Waals surface area contributed by atoms with E-state index in [1.165, 1.54) is 12.5 Å². The predicted octanol–water partition coefficient (Wildman–Crippen LogP) is 4.46. The minimum atomic E-state index is -0.631. The number of carbonyl (C=O) groups is 3. The van der Waals surface area contributed by atoms with E-state index in [0.29, 0.717) is 4.91 Å². The summed E-state index contributed by atoms with van der Waals surface area (Å²) in [5, 5.41) is 1.84. The molecule has 152 valence electrons. The topological polar surface area (TPSA) is 68.6 Å².